The Hall–Kier alpha value is -1.94. The molecule has 20 heavy (non-hydrogen) atoms. The highest BCUT2D eigenvalue weighted by molar-refractivity contribution is 5.81. The average Bonchev–Trinajstić information content (AvgIpc) is 2.43. The minimum absolute atomic E-state index is 0.168. The highest BCUT2D eigenvalue weighted by atomic mass is 16.4. The fourth-order valence-corrected chi connectivity index (χ4v) is 2.27. The first-order valence-electron chi connectivity index (χ1n) is 6.86. The standard InChI is InChI=1S/C16H20N2O2/c1-12(2)18(10-8-16(19)20)11-13-7-9-17-15-6-4-3-5-14(13)15/h3-7,9,12H,8,10-11H2,1-2H3,(H,19,20). The molecule has 0 aliphatic rings. The number of fused-ring (bicyclic) bond motifs is 1. The van der Waals surface area contributed by atoms with Crippen LogP contribution in [0.3, 0.4) is 0 Å². The zero-order chi connectivity index (χ0) is 14.5. The molecule has 0 aliphatic carbocycles. The van der Waals surface area contributed by atoms with Crippen molar-refractivity contribution in [2.75, 3.05) is 6.54 Å². The maximum absolute atomic E-state index is 10.8. The van der Waals surface area contributed by atoms with Crippen molar-refractivity contribution < 1.29 is 9.90 Å². The monoisotopic (exact) mass is 272 g/mol. The Morgan fingerprint density at radius 1 is 1.30 bits per heavy atom. The number of pyridine rings is 1. The van der Waals surface area contributed by atoms with E-state index in [9.17, 15) is 4.79 Å². The Labute approximate surface area is 119 Å². The van der Waals surface area contributed by atoms with Crippen LogP contribution >= 0.6 is 0 Å². The number of hydrogen-bond donors (Lipinski definition) is 1. The SMILES string of the molecule is CC(C)N(CCC(=O)O)Cc1ccnc2ccccc12. The number of carboxylic acids is 1. The van der Waals surface area contributed by atoms with Crippen LogP contribution in [0.2, 0.25) is 0 Å². The van der Waals surface area contributed by atoms with Crippen molar-refractivity contribution in [3.05, 3.63) is 42.1 Å². The number of rotatable bonds is 6. The quantitative estimate of drug-likeness (QED) is 0.878. The molecule has 1 aromatic heterocycles. The molecule has 0 fully saturated rings. The molecule has 0 saturated carbocycles. The molecule has 0 saturated heterocycles. The third-order valence-electron chi connectivity index (χ3n) is 3.46. The van der Waals surface area contributed by atoms with Gasteiger partial charge >= 0.3 is 5.97 Å². The van der Waals surface area contributed by atoms with E-state index in [-0.39, 0.29) is 6.42 Å². The molecule has 0 atom stereocenters. The van der Waals surface area contributed by atoms with Gasteiger partial charge in [0.15, 0.2) is 0 Å². The van der Waals surface area contributed by atoms with Gasteiger partial charge in [0.05, 0.1) is 11.9 Å². The molecule has 2 rings (SSSR count). The van der Waals surface area contributed by atoms with E-state index < -0.39 is 5.97 Å². The van der Waals surface area contributed by atoms with Gasteiger partial charge in [0.2, 0.25) is 0 Å². The van der Waals surface area contributed by atoms with Crippen molar-refractivity contribution >= 4 is 16.9 Å². The Morgan fingerprint density at radius 2 is 2.05 bits per heavy atom. The molecule has 0 aliphatic heterocycles. The van der Waals surface area contributed by atoms with Crippen molar-refractivity contribution in [2.45, 2.75) is 32.9 Å². The van der Waals surface area contributed by atoms with Gasteiger partial charge in [0.25, 0.3) is 0 Å². The molecule has 4 heteroatoms. The lowest BCUT2D eigenvalue weighted by Crippen LogP contribution is -2.32. The predicted octanol–water partition coefficient (Wildman–Crippen LogP) is 2.92. The first-order chi connectivity index (χ1) is 9.58. The maximum atomic E-state index is 10.8. The zero-order valence-corrected chi connectivity index (χ0v) is 11.9. The van der Waals surface area contributed by atoms with E-state index in [0.29, 0.717) is 12.6 Å². The summed E-state index contributed by atoms with van der Waals surface area (Å²) in [5.41, 5.74) is 2.17. The molecule has 2 aromatic rings. The molecule has 0 spiro atoms. The molecule has 0 radical (unpaired) electrons. The van der Waals surface area contributed by atoms with Gasteiger partial charge in [0, 0.05) is 30.7 Å². The number of aromatic nitrogens is 1. The summed E-state index contributed by atoms with van der Waals surface area (Å²) in [4.78, 5) is 17.3. The van der Waals surface area contributed by atoms with Gasteiger partial charge in [-0.25, -0.2) is 0 Å². The summed E-state index contributed by atoms with van der Waals surface area (Å²) < 4.78 is 0. The average molecular weight is 272 g/mol. The van der Waals surface area contributed by atoms with Gasteiger partial charge in [-0.15, -0.1) is 0 Å². The van der Waals surface area contributed by atoms with Crippen LogP contribution in [0.25, 0.3) is 10.9 Å². The fourth-order valence-electron chi connectivity index (χ4n) is 2.27. The highest BCUT2D eigenvalue weighted by Gasteiger charge is 2.13. The number of benzene rings is 1. The molecular formula is C16H20N2O2. The van der Waals surface area contributed by atoms with Gasteiger partial charge in [-0.2, -0.15) is 0 Å². The summed E-state index contributed by atoms with van der Waals surface area (Å²) in [6, 6.07) is 10.4. The van der Waals surface area contributed by atoms with Crippen molar-refractivity contribution in [1.29, 1.82) is 0 Å². The minimum atomic E-state index is -0.754. The molecule has 0 amide bonds. The van der Waals surface area contributed by atoms with Gasteiger partial charge in [-0.3, -0.25) is 14.7 Å². The van der Waals surface area contributed by atoms with Gasteiger partial charge < -0.3 is 5.11 Å². The van der Waals surface area contributed by atoms with Crippen LogP contribution < -0.4 is 0 Å². The third-order valence-corrected chi connectivity index (χ3v) is 3.46. The normalized spacial score (nSPS) is 11.4. The van der Waals surface area contributed by atoms with Crippen molar-refractivity contribution in [3.63, 3.8) is 0 Å². The molecule has 0 unspecified atom stereocenters. The molecule has 106 valence electrons. The maximum Gasteiger partial charge on any atom is 0.304 e. The summed E-state index contributed by atoms with van der Waals surface area (Å²) >= 11 is 0. The van der Waals surface area contributed by atoms with E-state index in [1.54, 1.807) is 0 Å². The lowest BCUT2D eigenvalue weighted by molar-refractivity contribution is -0.137. The van der Waals surface area contributed by atoms with Gasteiger partial charge in [0.1, 0.15) is 0 Å². The number of carbonyl (C=O) groups is 1. The van der Waals surface area contributed by atoms with Crippen LogP contribution in [-0.4, -0.2) is 33.5 Å². The van der Waals surface area contributed by atoms with Crippen LogP contribution in [0, 0.1) is 0 Å². The van der Waals surface area contributed by atoms with Crippen LogP contribution in [0.1, 0.15) is 25.8 Å². The summed E-state index contributed by atoms with van der Waals surface area (Å²) in [6.07, 6.45) is 1.98. The molecular weight excluding hydrogens is 252 g/mol. The summed E-state index contributed by atoms with van der Waals surface area (Å²) in [5, 5.41) is 9.98. The second-order valence-electron chi connectivity index (χ2n) is 5.20. The second kappa shape index (κ2) is 6.48. The van der Waals surface area contributed by atoms with E-state index in [1.807, 2.05) is 30.5 Å². The molecule has 4 nitrogen and oxygen atoms in total. The van der Waals surface area contributed by atoms with E-state index in [2.05, 4.69) is 29.8 Å². The lowest BCUT2D eigenvalue weighted by Gasteiger charge is -2.26. The fraction of sp³-hybridized carbons (Fsp3) is 0.375. The largest absolute Gasteiger partial charge is 0.481 e. The van der Waals surface area contributed by atoms with Gasteiger partial charge in [-0.05, 0) is 31.5 Å². The second-order valence-corrected chi connectivity index (χ2v) is 5.20. The first kappa shape index (κ1) is 14.5. The molecule has 0 bridgehead atoms. The van der Waals surface area contributed by atoms with Crippen molar-refractivity contribution in [3.8, 4) is 0 Å². The van der Waals surface area contributed by atoms with E-state index in [1.165, 1.54) is 5.56 Å². The summed E-state index contributed by atoms with van der Waals surface area (Å²) in [6.45, 7) is 5.48. The third kappa shape index (κ3) is 3.54. The smallest absolute Gasteiger partial charge is 0.304 e. The van der Waals surface area contributed by atoms with E-state index in [0.717, 1.165) is 17.4 Å². The number of nitrogens with zero attached hydrogens (tertiary/aromatic N) is 2. The van der Waals surface area contributed by atoms with E-state index >= 15 is 0 Å². The highest BCUT2D eigenvalue weighted by Crippen LogP contribution is 2.19. The zero-order valence-electron chi connectivity index (χ0n) is 11.9. The van der Waals surface area contributed by atoms with Crippen LogP contribution in [0.15, 0.2) is 36.5 Å². The topological polar surface area (TPSA) is 53.4 Å². The predicted molar refractivity (Wildman–Crippen MR) is 79.5 cm³/mol. The number of aliphatic carboxylic acids is 1. The molecule has 1 aromatic carbocycles. The number of carboxylic acid groups (broad SMARTS) is 1. The summed E-state index contributed by atoms with van der Waals surface area (Å²) in [5.74, 6) is -0.754. The lowest BCUT2D eigenvalue weighted by atomic mass is 10.1. The number of hydrogen-bond acceptors (Lipinski definition) is 3. The van der Waals surface area contributed by atoms with Gasteiger partial charge in [-0.1, -0.05) is 18.2 Å². The summed E-state index contributed by atoms with van der Waals surface area (Å²) in [7, 11) is 0. The Kier molecular flexibility index (Phi) is 4.69. The van der Waals surface area contributed by atoms with Crippen LogP contribution in [0.4, 0.5) is 0 Å². The first-order valence-corrected chi connectivity index (χ1v) is 6.86. The molecule has 1 N–H and O–H groups in total. The van der Waals surface area contributed by atoms with Crippen LogP contribution in [0.5, 0.6) is 0 Å². The number of para-hydroxylation sites is 1. The Bertz CT molecular complexity index is 591. The molecule has 1 heterocycles. The minimum Gasteiger partial charge on any atom is -0.481 e. The van der Waals surface area contributed by atoms with Crippen molar-refractivity contribution in [2.24, 2.45) is 0 Å². The Balaban J connectivity index is 2.22. The van der Waals surface area contributed by atoms with Crippen molar-refractivity contribution in [1.82, 2.24) is 9.88 Å². The Morgan fingerprint density at radius 3 is 2.75 bits per heavy atom. The van der Waals surface area contributed by atoms with Crippen LogP contribution in [-0.2, 0) is 11.3 Å². The van der Waals surface area contributed by atoms with E-state index in [4.69, 9.17) is 5.11 Å².